The predicted molar refractivity (Wildman–Crippen MR) is 86.4 cm³/mol. The van der Waals surface area contributed by atoms with E-state index in [0.717, 1.165) is 29.6 Å². The van der Waals surface area contributed by atoms with Crippen LogP contribution < -0.4 is 4.74 Å². The Morgan fingerprint density at radius 1 is 1.33 bits per heavy atom. The van der Waals surface area contributed by atoms with Crippen LogP contribution >= 0.6 is 11.8 Å². The molecule has 1 fully saturated rings. The highest BCUT2D eigenvalue weighted by molar-refractivity contribution is 8.18. The van der Waals surface area contributed by atoms with E-state index in [9.17, 15) is 4.79 Å². The molecule has 2 heterocycles. The molecule has 3 rings (SSSR count). The Morgan fingerprint density at radius 3 is 2.86 bits per heavy atom. The minimum atomic E-state index is -0.145. The lowest BCUT2D eigenvalue weighted by Gasteiger charge is -2.14. The molecule has 0 aliphatic carbocycles. The van der Waals surface area contributed by atoms with Crippen LogP contribution in [0.25, 0.3) is 6.08 Å². The average Bonchev–Trinajstić information content (AvgIpc) is 3.12. The van der Waals surface area contributed by atoms with Gasteiger partial charge in [-0.15, -0.1) is 0 Å². The Hall–Kier alpha value is -1.75. The molecule has 0 atom stereocenters. The number of para-hydroxylation sites is 1. The van der Waals surface area contributed by atoms with Gasteiger partial charge in [-0.1, -0.05) is 18.2 Å². The Bertz CT molecular complexity index is 604. The van der Waals surface area contributed by atoms with Gasteiger partial charge in [0.2, 0.25) is 0 Å². The lowest BCUT2D eigenvalue weighted by atomic mass is 10.2. The van der Waals surface area contributed by atoms with Gasteiger partial charge >= 0.3 is 0 Å². The normalized spacial score (nSPS) is 20.2. The standard InChI is InChI=1S/C16H18N2O2S/c1-2-20-13-8-4-3-7-12(13)11-14-15(19)17-16(21-14)18-9-5-6-10-18/h3-4,7-8,11H,2,5-6,9-10H2,1H3/b14-11-. The molecule has 0 unspecified atom stereocenters. The van der Waals surface area contributed by atoms with Crippen molar-refractivity contribution in [2.45, 2.75) is 19.8 Å². The van der Waals surface area contributed by atoms with Gasteiger partial charge in [0.05, 0.1) is 11.5 Å². The van der Waals surface area contributed by atoms with Crippen molar-refractivity contribution in [3.05, 3.63) is 34.7 Å². The maximum Gasteiger partial charge on any atom is 0.286 e. The number of amidine groups is 1. The van der Waals surface area contributed by atoms with Crippen molar-refractivity contribution in [2.24, 2.45) is 4.99 Å². The number of hydrogen-bond donors (Lipinski definition) is 0. The maximum absolute atomic E-state index is 12.1. The minimum Gasteiger partial charge on any atom is -0.493 e. The van der Waals surface area contributed by atoms with Crippen molar-refractivity contribution in [3.8, 4) is 5.75 Å². The molecule has 1 amide bonds. The highest BCUT2D eigenvalue weighted by Crippen LogP contribution is 2.33. The van der Waals surface area contributed by atoms with Crippen LogP contribution in [-0.4, -0.2) is 35.7 Å². The number of hydrogen-bond acceptors (Lipinski definition) is 4. The van der Waals surface area contributed by atoms with Gasteiger partial charge in [-0.3, -0.25) is 4.79 Å². The van der Waals surface area contributed by atoms with Gasteiger partial charge in [0.1, 0.15) is 5.75 Å². The number of ether oxygens (including phenoxy) is 1. The number of benzene rings is 1. The van der Waals surface area contributed by atoms with Crippen LogP contribution in [0.1, 0.15) is 25.3 Å². The average molecular weight is 302 g/mol. The number of thioether (sulfide) groups is 1. The van der Waals surface area contributed by atoms with E-state index >= 15 is 0 Å². The zero-order chi connectivity index (χ0) is 14.7. The monoisotopic (exact) mass is 302 g/mol. The Morgan fingerprint density at radius 2 is 2.10 bits per heavy atom. The van der Waals surface area contributed by atoms with E-state index < -0.39 is 0 Å². The molecule has 2 aliphatic rings. The summed E-state index contributed by atoms with van der Waals surface area (Å²) in [5, 5.41) is 0.845. The first kappa shape index (κ1) is 14.2. The molecule has 0 bridgehead atoms. The zero-order valence-electron chi connectivity index (χ0n) is 12.0. The van der Waals surface area contributed by atoms with Crippen molar-refractivity contribution in [1.82, 2.24) is 4.90 Å². The largest absolute Gasteiger partial charge is 0.493 e. The zero-order valence-corrected chi connectivity index (χ0v) is 12.9. The Kier molecular flexibility index (Phi) is 4.29. The summed E-state index contributed by atoms with van der Waals surface area (Å²) in [7, 11) is 0. The van der Waals surface area contributed by atoms with Gasteiger partial charge in [0, 0.05) is 18.7 Å². The summed E-state index contributed by atoms with van der Waals surface area (Å²) in [6.45, 7) is 4.56. The van der Waals surface area contributed by atoms with Crippen LogP contribution in [0, 0.1) is 0 Å². The molecule has 0 saturated carbocycles. The molecule has 1 saturated heterocycles. The number of aliphatic imine (C=N–C) groups is 1. The Balaban J connectivity index is 1.80. The summed E-state index contributed by atoms with van der Waals surface area (Å²) in [6, 6.07) is 7.76. The molecule has 110 valence electrons. The molecular weight excluding hydrogens is 284 g/mol. The van der Waals surface area contributed by atoms with Crippen LogP contribution in [0.5, 0.6) is 5.75 Å². The van der Waals surface area contributed by atoms with Crippen LogP contribution in [0.4, 0.5) is 0 Å². The number of amides is 1. The third-order valence-electron chi connectivity index (χ3n) is 3.49. The van der Waals surface area contributed by atoms with E-state index in [4.69, 9.17) is 4.74 Å². The molecule has 21 heavy (non-hydrogen) atoms. The van der Waals surface area contributed by atoms with E-state index in [1.807, 2.05) is 37.3 Å². The Labute approximate surface area is 128 Å². The third-order valence-corrected chi connectivity index (χ3v) is 4.54. The van der Waals surface area contributed by atoms with Gasteiger partial charge in [0.15, 0.2) is 5.17 Å². The number of carbonyl (C=O) groups excluding carboxylic acids is 1. The summed E-state index contributed by atoms with van der Waals surface area (Å²) in [6.07, 6.45) is 4.24. The summed E-state index contributed by atoms with van der Waals surface area (Å²) >= 11 is 1.47. The molecule has 1 aromatic carbocycles. The van der Waals surface area contributed by atoms with Crippen molar-refractivity contribution < 1.29 is 9.53 Å². The van der Waals surface area contributed by atoms with Crippen molar-refractivity contribution in [3.63, 3.8) is 0 Å². The second-order valence-electron chi connectivity index (χ2n) is 4.98. The van der Waals surface area contributed by atoms with Crippen LogP contribution in [0.2, 0.25) is 0 Å². The SMILES string of the molecule is CCOc1ccccc1/C=C1\SC(N2CCCC2)=NC1=O. The predicted octanol–water partition coefficient (Wildman–Crippen LogP) is 3.15. The van der Waals surface area contributed by atoms with E-state index in [2.05, 4.69) is 9.89 Å². The smallest absolute Gasteiger partial charge is 0.286 e. The fraction of sp³-hybridized carbons (Fsp3) is 0.375. The second-order valence-corrected chi connectivity index (χ2v) is 5.98. The van der Waals surface area contributed by atoms with E-state index in [1.54, 1.807) is 0 Å². The van der Waals surface area contributed by atoms with E-state index in [0.29, 0.717) is 11.5 Å². The molecule has 0 radical (unpaired) electrons. The van der Waals surface area contributed by atoms with Gasteiger partial charge in [0.25, 0.3) is 5.91 Å². The number of carbonyl (C=O) groups is 1. The van der Waals surface area contributed by atoms with Gasteiger partial charge in [-0.2, -0.15) is 4.99 Å². The fourth-order valence-electron chi connectivity index (χ4n) is 2.47. The van der Waals surface area contributed by atoms with E-state index in [1.165, 1.54) is 24.6 Å². The highest BCUT2D eigenvalue weighted by atomic mass is 32.2. The van der Waals surface area contributed by atoms with Crippen molar-refractivity contribution in [2.75, 3.05) is 19.7 Å². The molecule has 2 aliphatic heterocycles. The second kappa shape index (κ2) is 6.35. The first-order valence-corrected chi connectivity index (χ1v) is 8.09. The third kappa shape index (κ3) is 3.13. The molecule has 0 N–H and O–H groups in total. The summed E-state index contributed by atoms with van der Waals surface area (Å²) in [4.78, 5) is 19.1. The fourth-order valence-corrected chi connectivity index (χ4v) is 3.43. The molecule has 4 nitrogen and oxygen atoms in total. The lowest BCUT2D eigenvalue weighted by molar-refractivity contribution is -0.113. The molecule has 1 aromatic rings. The van der Waals surface area contributed by atoms with Gasteiger partial charge < -0.3 is 9.64 Å². The van der Waals surface area contributed by atoms with E-state index in [-0.39, 0.29) is 5.91 Å². The maximum atomic E-state index is 12.1. The summed E-state index contributed by atoms with van der Waals surface area (Å²) in [5.41, 5.74) is 0.924. The first-order valence-electron chi connectivity index (χ1n) is 7.27. The summed E-state index contributed by atoms with van der Waals surface area (Å²) in [5.74, 6) is 0.656. The molecule has 0 spiro atoms. The topological polar surface area (TPSA) is 41.9 Å². The highest BCUT2D eigenvalue weighted by Gasteiger charge is 2.27. The quantitative estimate of drug-likeness (QED) is 0.804. The van der Waals surface area contributed by atoms with Crippen LogP contribution in [0.3, 0.4) is 0 Å². The molecular formula is C16H18N2O2S. The van der Waals surface area contributed by atoms with Crippen LogP contribution in [-0.2, 0) is 4.79 Å². The number of nitrogens with zero attached hydrogens (tertiary/aromatic N) is 2. The molecule has 5 heteroatoms. The summed E-state index contributed by atoms with van der Waals surface area (Å²) < 4.78 is 5.60. The number of likely N-dealkylation sites (tertiary alicyclic amines) is 1. The van der Waals surface area contributed by atoms with Crippen molar-refractivity contribution >= 4 is 28.9 Å². The molecule has 0 aromatic heterocycles. The number of rotatable bonds is 3. The van der Waals surface area contributed by atoms with Gasteiger partial charge in [-0.05, 0) is 43.7 Å². The first-order chi connectivity index (χ1) is 10.3. The van der Waals surface area contributed by atoms with Crippen molar-refractivity contribution in [1.29, 1.82) is 0 Å². The minimum absolute atomic E-state index is 0.145. The van der Waals surface area contributed by atoms with Gasteiger partial charge in [-0.25, -0.2) is 0 Å². The lowest BCUT2D eigenvalue weighted by Crippen LogP contribution is -2.23. The van der Waals surface area contributed by atoms with Crippen LogP contribution in [0.15, 0.2) is 34.2 Å².